The molecule has 0 aromatic carbocycles. The van der Waals surface area contributed by atoms with Gasteiger partial charge in [0.15, 0.2) is 6.10 Å². The van der Waals surface area contributed by atoms with Crippen LogP contribution in [0.1, 0.15) is 6.92 Å². The van der Waals surface area contributed by atoms with Crippen molar-refractivity contribution in [3.63, 3.8) is 0 Å². The van der Waals surface area contributed by atoms with Gasteiger partial charge in [0.05, 0.1) is 0 Å². The molecule has 0 amide bonds. The Morgan fingerprint density at radius 2 is 2.22 bits per heavy atom. The number of hydrogen-bond acceptors (Lipinski definition) is 3. The average Bonchev–Trinajstić information content (AvgIpc) is 1.79. The highest BCUT2D eigenvalue weighted by Gasteiger charge is 2.48. The molecule has 0 aromatic rings. The Morgan fingerprint density at radius 1 is 1.67 bits per heavy atom. The SMILES string of the molecule is CC1OC(F)(F)OC1=O. The van der Waals surface area contributed by atoms with E-state index < -0.39 is 18.4 Å². The summed E-state index contributed by atoms with van der Waals surface area (Å²) < 4.78 is 30.8. The lowest BCUT2D eigenvalue weighted by molar-refractivity contribution is -0.339. The fourth-order valence-electron chi connectivity index (χ4n) is 0.478. The van der Waals surface area contributed by atoms with Gasteiger partial charge in [-0.2, -0.15) is 0 Å². The summed E-state index contributed by atoms with van der Waals surface area (Å²) in [7, 11) is 0. The molecule has 0 aliphatic carbocycles. The maximum Gasteiger partial charge on any atom is 0.538 e. The van der Waals surface area contributed by atoms with Gasteiger partial charge in [0, 0.05) is 0 Å². The van der Waals surface area contributed by atoms with Crippen molar-refractivity contribution in [3.05, 3.63) is 0 Å². The first-order valence-electron chi connectivity index (χ1n) is 2.30. The van der Waals surface area contributed by atoms with Gasteiger partial charge >= 0.3 is 12.3 Å². The topological polar surface area (TPSA) is 35.5 Å². The van der Waals surface area contributed by atoms with Gasteiger partial charge in [0.2, 0.25) is 0 Å². The Balaban J connectivity index is 2.65. The Bertz CT molecular complexity index is 145. The summed E-state index contributed by atoms with van der Waals surface area (Å²) in [6, 6.07) is 0. The molecule has 1 unspecified atom stereocenters. The van der Waals surface area contributed by atoms with E-state index in [-0.39, 0.29) is 0 Å². The quantitative estimate of drug-likeness (QED) is 0.457. The molecule has 0 aromatic heterocycles. The fraction of sp³-hybridized carbons (Fsp3) is 0.750. The van der Waals surface area contributed by atoms with Crippen LogP contribution >= 0.6 is 0 Å². The molecule has 5 heteroatoms. The summed E-state index contributed by atoms with van der Waals surface area (Å²) in [5.41, 5.74) is 0. The van der Waals surface area contributed by atoms with Crippen LogP contribution in [0, 0.1) is 0 Å². The van der Waals surface area contributed by atoms with Gasteiger partial charge in [-0.1, -0.05) is 0 Å². The molecule has 0 radical (unpaired) electrons. The predicted octanol–water partition coefficient (Wildman–Crippen LogP) is 0.499. The number of esters is 1. The third-order valence-electron chi connectivity index (χ3n) is 0.865. The molecule has 1 aliphatic rings. The van der Waals surface area contributed by atoms with Crippen LogP contribution in [0.15, 0.2) is 0 Å². The Labute approximate surface area is 49.5 Å². The summed E-state index contributed by atoms with van der Waals surface area (Å²) >= 11 is 0. The number of alkyl halides is 2. The molecule has 9 heavy (non-hydrogen) atoms. The molecule has 1 saturated heterocycles. The van der Waals surface area contributed by atoms with Gasteiger partial charge in [-0.25, -0.2) is 4.79 Å². The van der Waals surface area contributed by atoms with Crippen LogP contribution in [-0.2, 0) is 14.3 Å². The summed E-state index contributed by atoms with van der Waals surface area (Å²) in [4.78, 5) is 10.2. The third kappa shape index (κ3) is 1.16. The van der Waals surface area contributed by atoms with Gasteiger partial charge in [-0.05, 0) is 6.92 Å². The molecule has 0 spiro atoms. The number of carbonyl (C=O) groups excluding carboxylic acids is 1. The molecule has 1 fully saturated rings. The smallest absolute Gasteiger partial charge is 0.375 e. The van der Waals surface area contributed by atoms with E-state index >= 15 is 0 Å². The van der Waals surface area contributed by atoms with E-state index in [1.807, 2.05) is 0 Å². The first-order valence-corrected chi connectivity index (χ1v) is 2.30. The lowest BCUT2D eigenvalue weighted by Crippen LogP contribution is -2.16. The zero-order chi connectivity index (χ0) is 7.07. The number of rotatable bonds is 0. The van der Waals surface area contributed by atoms with Gasteiger partial charge in [0.1, 0.15) is 0 Å². The Hall–Kier alpha value is -0.710. The molecule has 0 saturated carbocycles. The van der Waals surface area contributed by atoms with Crippen LogP contribution < -0.4 is 0 Å². The molecule has 1 atom stereocenters. The third-order valence-corrected chi connectivity index (χ3v) is 0.865. The van der Waals surface area contributed by atoms with Crippen molar-refractivity contribution < 1.29 is 23.0 Å². The van der Waals surface area contributed by atoms with Gasteiger partial charge in [-0.3, -0.25) is 4.74 Å². The standard InChI is InChI=1S/C4H4F2O3/c1-2-3(7)9-4(5,6)8-2/h2H,1H3. The van der Waals surface area contributed by atoms with Crippen molar-refractivity contribution in [3.8, 4) is 0 Å². The summed E-state index contributed by atoms with van der Waals surface area (Å²) in [6.45, 7) is 1.20. The molecular formula is C4H4F2O3. The molecule has 0 bridgehead atoms. The number of ether oxygens (including phenoxy) is 2. The minimum Gasteiger partial charge on any atom is -0.375 e. The van der Waals surface area contributed by atoms with Gasteiger partial charge in [0.25, 0.3) is 0 Å². The average molecular weight is 138 g/mol. The van der Waals surface area contributed by atoms with Crippen molar-refractivity contribution in [1.82, 2.24) is 0 Å². The van der Waals surface area contributed by atoms with E-state index in [0.717, 1.165) is 0 Å². The highest BCUT2D eigenvalue weighted by molar-refractivity contribution is 5.75. The first-order chi connectivity index (χ1) is 4.01. The maximum absolute atomic E-state index is 11.8. The van der Waals surface area contributed by atoms with Crippen molar-refractivity contribution in [2.75, 3.05) is 0 Å². The van der Waals surface area contributed by atoms with Crippen LogP contribution in [0.2, 0.25) is 0 Å². The monoisotopic (exact) mass is 138 g/mol. The minimum absolute atomic E-state index is 1.03. The molecule has 1 heterocycles. The minimum atomic E-state index is -3.71. The van der Waals surface area contributed by atoms with E-state index in [1.165, 1.54) is 6.92 Å². The number of carbonyl (C=O) groups is 1. The normalized spacial score (nSPS) is 32.3. The molecule has 52 valence electrons. The van der Waals surface area contributed by atoms with Crippen LogP contribution in [0.3, 0.4) is 0 Å². The van der Waals surface area contributed by atoms with E-state index in [4.69, 9.17) is 0 Å². The largest absolute Gasteiger partial charge is 0.538 e. The Kier molecular flexibility index (Phi) is 1.16. The van der Waals surface area contributed by atoms with Gasteiger partial charge < -0.3 is 4.74 Å². The fourth-order valence-corrected chi connectivity index (χ4v) is 0.478. The van der Waals surface area contributed by atoms with E-state index in [2.05, 4.69) is 9.47 Å². The maximum atomic E-state index is 11.8. The molecule has 0 N–H and O–H groups in total. The van der Waals surface area contributed by atoms with Crippen LogP contribution in [0.25, 0.3) is 0 Å². The molecule has 1 aliphatic heterocycles. The van der Waals surface area contributed by atoms with Crippen LogP contribution in [-0.4, -0.2) is 18.4 Å². The lowest BCUT2D eigenvalue weighted by Gasteiger charge is -2.02. The summed E-state index contributed by atoms with van der Waals surface area (Å²) in [6.07, 6.45) is -4.86. The molecule has 1 rings (SSSR count). The second kappa shape index (κ2) is 1.63. The number of cyclic esters (lactones) is 1. The van der Waals surface area contributed by atoms with Crippen molar-refractivity contribution >= 4 is 5.97 Å². The van der Waals surface area contributed by atoms with E-state index in [0.29, 0.717) is 0 Å². The lowest BCUT2D eigenvalue weighted by atomic mass is 10.4. The summed E-state index contributed by atoms with van der Waals surface area (Å²) in [5, 5.41) is 0. The highest BCUT2D eigenvalue weighted by atomic mass is 19.3. The van der Waals surface area contributed by atoms with Crippen molar-refractivity contribution in [1.29, 1.82) is 0 Å². The van der Waals surface area contributed by atoms with Crippen molar-refractivity contribution in [2.24, 2.45) is 0 Å². The van der Waals surface area contributed by atoms with Crippen molar-refractivity contribution in [2.45, 2.75) is 19.3 Å². The van der Waals surface area contributed by atoms with E-state index in [1.54, 1.807) is 0 Å². The second-order valence-electron chi connectivity index (χ2n) is 1.64. The summed E-state index contributed by atoms with van der Waals surface area (Å²) in [5.74, 6) is -1.03. The number of hydrogen-bond donors (Lipinski definition) is 0. The van der Waals surface area contributed by atoms with Crippen LogP contribution in [0.4, 0.5) is 8.78 Å². The zero-order valence-corrected chi connectivity index (χ0v) is 4.56. The predicted molar refractivity (Wildman–Crippen MR) is 21.6 cm³/mol. The Morgan fingerprint density at radius 3 is 2.33 bits per heavy atom. The second-order valence-corrected chi connectivity index (χ2v) is 1.64. The van der Waals surface area contributed by atoms with Crippen LogP contribution in [0.5, 0.6) is 0 Å². The number of halogens is 2. The van der Waals surface area contributed by atoms with E-state index in [9.17, 15) is 13.6 Å². The molecular weight excluding hydrogens is 134 g/mol. The molecule has 3 nitrogen and oxygen atoms in total. The van der Waals surface area contributed by atoms with Gasteiger partial charge in [-0.15, -0.1) is 8.78 Å². The zero-order valence-electron chi connectivity index (χ0n) is 4.56. The highest BCUT2D eigenvalue weighted by Crippen LogP contribution is 2.26. The first kappa shape index (κ1) is 6.41.